The first kappa shape index (κ1) is 10.2. The highest BCUT2D eigenvalue weighted by molar-refractivity contribution is 9.10. The number of halogens is 3. The van der Waals surface area contributed by atoms with Crippen molar-refractivity contribution >= 4 is 15.9 Å². The molecule has 2 aromatic heterocycles. The number of alkyl halides is 2. The monoisotopic (exact) mass is 274 g/mol. The Hall–Kier alpha value is -1.37. The fourth-order valence-electron chi connectivity index (χ4n) is 1.00. The van der Waals surface area contributed by atoms with Crippen molar-refractivity contribution in [2.24, 2.45) is 0 Å². The van der Waals surface area contributed by atoms with Crippen molar-refractivity contribution in [3.05, 3.63) is 34.7 Å². The summed E-state index contributed by atoms with van der Waals surface area (Å²) in [4.78, 5) is 0. The molecule has 2 heterocycles. The second-order valence-corrected chi connectivity index (χ2v) is 3.64. The smallest absolute Gasteiger partial charge is 0.220 e. The van der Waals surface area contributed by atoms with Gasteiger partial charge in [0.1, 0.15) is 5.69 Å². The lowest BCUT2D eigenvalue weighted by Crippen LogP contribution is -2.01. The average molecular weight is 275 g/mol. The van der Waals surface area contributed by atoms with Crippen molar-refractivity contribution in [1.82, 2.24) is 20.0 Å². The van der Waals surface area contributed by atoms with Gasteiger partial charge in [-0.05, 0) is 28.1 Å². The molecule has 0 aliphatic heterocycles. The standard InChI is InChI=1S/C8H5BrF2N4/c9-5-3-12-15(4-5)7-2-1-6(8(10)11)13-14-7/h1-4,8H. The van der Waals surface area contributed by atoms with Gasteiger partial charge in [0.25, 0.3) is 6.43 Å². The molecule has 15 heavy (non-hydrogen) atoms. The van der Waals surface area contributed by atoms with Gasteiger partial charge in [-0.2, -0.15) is 5.10 Å². The average Bonchev–Trinajstić information content (AvgIpc) is 2.65. The summed E-state index contributed by atoms with van der Waals surface area (Å²) in [6.07, 6.45) is 0.630. The Labute approximate surface area is 92.1 Å². The first-order valence-corrected chi connectivity index (χ1v) is 4.78. The van der Waals surface area contributed by atoms with Gasteiger partial charge in [0, 0.05) is 6.20 Å². The van der Waals surface area contributed by atoms with Gasteiger partial charge in [-0.15, -0.1) is 10.2 Å². The Balaban J connectivity index is 2.31. The molecule has 0 fully saturated rings. The quantitative estimate of drug-likeness (QED) is 0.845. The van der Waals surface area contributed by atoms with E-state index in [1.165, 1.54) is 16.8 Å². The van der Waals surface area contributed by atoms with Crippen LogP contribution >= 0.6 is 15.9 Å². The maximum Gasteiger partial charge on any atom is 0.282 e. The highest BCUT2D eigenvalue weighted by Crippen LogP contribution is 2.16. The molecular weight excluding hydrogens is 270 g/mol. The molecule has 2 aromatic rings. The van der Waals surface area contributed by atoms with Crippen molar-refractivity contribution < 1.29 is 8.78 Å². The van der Waals surface area contributed by atoms with Crippen LogP contribution in [-0.4, -0.2) is 20.0 Å². The van der Waals surface area contributed by atoms with E-state index in [-0.39, 0.29) is 5.69 Å². The highest BCUT2D eigenvalue weighted by Gasteiger charge is 2.09. The molecule has 0 atom stereocenters. The zero-order valence-corrected chi connectivity index (χ0v) is 8.90. The molecule has 4 nitrogen and oxygen atoms in total. The van der Waals surface area contributed by atoms with Gasteiger partial charge in [-0.3, -0.25) is 0 Å². The molecule has 0 saturated carbocycles. The molecule has 0 bridgehead atoms. The Morgan fingerprint density at radius 1 is 1.27 bits per heavy atom. The van der Waals surface area contributed by atoms with Crippen LogP contribution in [0.25, 0.3) is 5.82 Å². The number of hydrogen-bond donors (Lipinski definition) is 0. The zero-order valence-electron chi connectivity index (χ0n) is 7.31. The summed E-state index contributed by atoms with van der Waals surface area (Å²) >= 11 is 3.22. The van der Waals surface area contributed by atoms with Gasteiger partial charge < -0.3 is 0 Å². The minimum atomic E-state index is -2.60. The number of aromatic nitrogens is 4. The fourth-order valence-corrected chi connectivity index (χ4v) is 1.29. The van der Waals surface area contributed by atoms with Crippen LogP contribution in [0.4, 0.5) is 8.78 Å². The minimum absolute atomic E-state index is 0.343. The van der Waals surface area contributed by atoms with Crippen LogP contribution in [0.2, 0.25) is 0 Å². The maximum absolute atomic E-state index is 12.2. The second kappa shape index (κ2) is 4.01. The Bertz CT molecular complexity index is 454. The molecule has 0 amide bonds. The summed E-state index contributed by atoms with van der Waals surface area (Å²) in [6, 6.07) is 2.66. The summed E-state index contributed by atoms with van der Waals surface area (Å²) in [5.74, 6) is 0.394. The Morgan fingerprint density at radius 2 is 2.07 bits per heavy atom. The van der Waals surface area contributed by atoms with Gasteiger partial charge in [-0.1, -0.05) is 0 Å². The zero-order chi connectivity index (χ0) is 10.8. The van der Waals surface area contributed by atoms with E-state index >= 15 is 0 Å². The molecule has 0 N–H and O–H groups in total. The Morgan fingerprint density at radius 3 is 2.53 bits per heavy atom. The van der Waals surface area contributed by atoms with Crippen LogP contribution in [0.5, 0.6) is 0 Å². The van der Waals surface area contributed by atoms with E-state index in [9.17, 15) is 8.78 Å². The van der Waals surface area contributed by atoms with Crippen LogP contribution in [-0.2, 0) is 0 Å². The molecule has 78 valence electrons. The molecule has 0 radical (unpaired) electrons. The number of nitrogens with zero attached hydrogens (tertiary/aromatic N) is 4. The van der Waals surface area contributed by atoms with Crippen molar-refractivity contribution in [3.8, 4) is 5.82 Å². The lowest BCUT2D eigenvalue weighted by Gasteiger charge is -2.00. The summed E-state index contributed by atoms with van der Waals surface area (Å²) < 4.78 is 26.6. The predicted octanol–water partition coefficient (Wildman–Crippen LogP) is 2.36. The Kier molecular flexibility index (Phi) is 2.72. The second-order valence-electron chi connectivity index (χ2n) is 2.72. The SMILES string of the molecule is FC(F)c1ccc(-n2cc(Br)cn2)nn1. The molecular formula is C8H5BrF2N4. The van der Waals surface area contributed by atoms with E-state index < -0.39 is 6.43 Å². The van der Waals surface area contributed by atoms with Crippen molar-refractivity contribution in [2.45, 2.75) is 6.43 Å². The topological polar surface area (TPSA) is 43.6 Å². The third-order valence-corrected chi connectivity index (χ3v) is 2.09. The minimum Gasteiger partial charge on any atom is -0.220 e. The lowest BCUT2D eigenvalue weighted by atomic mass is 10.4. The van der Waals surface area contributed by atoms with Crippen LogP contribution in [0.3, 0.4) is 0 Å². The maximum atomic E-state index is 12.2. The number of rotatable bonds is 2. The van der Waals surface area contributed by atoms with Crippen molar-refractivity contribution in [1.29, 1.82) is 0 Å². The van der Waals surface area contributed by atoms with E-state index in [1.807, 2.05) is 0 Å². The van der Waals surface area contributed by atoms with Crippen LogP contribution in [0.15, 0.2) is 29.0 Å². The predicted molar refractivity (Wildman–Crippen MR) is 51.8 cm³/mol. The van der Waals surface area contributed by atoms with E-state index in [4.69, 9.17) is 0 Å². The van der Waals surface area contributed by atoms with Crippen LogP contribution in [0, 0.1) is 0 Å². The molecule has 2 rings (SSSR count). The van der Waals surface area contributed by atoms with E-state index in [1.54, 1.807) is 12.4 Å². The van der Waals surface area contributed by atoms with Crippen LogP contribution < -0.4 is 0 Å². The van der Waals surface area contributed by atoms with Gasteiger partial charge >= 0.3 is 0 Å². The molecule has 0 aliphatic rings. The van der Waals surface area contributed by atoms with Crippen LogP contribution in [0.1, 0.15) is 12.1 Å². The summed E-state index contributed by atoms with van der Waals surface area (Å²) in [7, 11) is 0. The largest absolute Gasteiger partial charge is 0.282 e. The summed E-state index contributed by atoms with van der Waals surface area (Å²) in [6.45, 7) is 0. The van der Waals surface area contributed by atoms with E-state index in [0.717, 1.165) is 4.47 Å². The van der Waals surface area contributed by atoms with Crippen molar-refractivity contribution in [3.63, 3.8) is 0 Å². The van der Waals surface area contributed by atoms with E-state index in [0.29, 0.717) is 5.82 Å². The molecule has 0 aliphatic carbocycles. The lowest BCUT2D eigenvalue weighted by molar-refractivity contribution is 0.145. The van der Waals surface area contributed by atoms with E-state index in [2.05, 4.69) is 31.2 Å². The molecule has 7 heteroatoms. The normalized spacial score (nSPS) is 10.9. The van der Waals surface area contributed by atoms with Gasteiger partial charge in [0.15, 0.2) is 5.82 Å². The fraction of sp³-hybridized carbons (Fsp3) is 0.125. The summed E-state index contributed by atoms with van der Waals surface area (Å²) in [5.41, 5.74) is -0.343. The summed E-state index contributed by atoms with van der Waals surface area (Å²) in [5, 5.41) is 11.0. The third-order valence-electron chi connectivity index (χ3n) is 1.68. The van der Waals surface area contributed by atoms with Crippen molar-refractivity contribution in [2.75, 3.05) is 0 Å². The molecule has 0 saturated heterocycles. The molecule has 0 spiro atoms. The first-order chi connectivity index (χ1) is 7.16. The van der Waals surface area contributed by atoms with Gasteiger partial charge in [0.05, 0.1) is 10.7 Å². The third kappa shape index (κ3) is 2.17. The van der Waals surface area contributed by atoms with Gasteiger partial charge in [-0.25, -0.2) is 13.5 Å². The molecule has 0 aromatic carbocycles. The van der Waals surface area contributed by atoms with Gasteiger partial charge in [0.2, 0.25) is 0 Å². The molecule has 0 unspecified atom stereocenters. The first-order valence-electron chi connectivity index (χ1n) is 3.99. The highest BCUT2D eigenvalue weighted by atomic mass is 79.9. The number of hydrogen-bond acceptors (Lipinski definition) is 3.